The van der Waals surface area contributed by atoms with Gasteiger partial charge in [0.25, 0.3) is 0 Å². The highest BCUT2D eigenvalue weighted by molar-refractivity contribution is 5.78. The fourth-order valence-corrected chi connectivity index (χ4v) is 2.09. The van der Waals surface area contributed by atoms with Crippen LogP contribution in [0.15, 0.2) is 18.2 Å². The van der Waals surface area contributed by atoms with Crippen molar-refractivity contribution in [2.45, 2.75) is 19.8 Å². The lowest BCUT2D eigenvalue weighted by atomic mass is 10.2. The molecule has 0 radical (unpaired) electrons. The molecule has 1 aliphatic rings. The molecule has 1 aromatic rings. The molecule has 0 bridgehead atoms. The molecule has 2 rings (SSSR count). The third kappa shape index (κ3) is 2.18. The van der Waals surface area contributed by atoms with Crippen LogP contribution >= 0.6 is 0 Å². The molecule has 0 atom stereocenters. The number of carbonyl (C=O) groups is 1. The van der Waals surface area contributed by atoms with Crippen LogP contribution in [0.3, 0.4) is 0 Å². The van der Waals surface area contributed by atoms with E-state index in [0.29, 0.717) is 12.2 Å². The largest absolute Gasteiger partial charge is 0.492 e. The van der Waals surface area contributed by atoms with Gasteiger partial charge in [0.1, 0.15) is 12.0 Å². The fraction of sp³-hybridized carbons (Fsp3) is 0.462. The van der Waals surface area contributed by atoms with Gasteiger partial charge in [0.05, 0.1) is 12.3 Å². The molecule has 3 heteroatoms. The van der Waals surface area contributed by atoms with Gasteiger partial charge in [-0.1, -0.05) is 0 Å². The number of hydrogen-bond acceptors (Lipinski definition) is 3. The van der Waals surface area contributed by atoms with Gasteiger partial charge in [0, 0.05) is 18.7 Å². The van der Waals surface area contributed by atoms with Gasteiger partial charge >= 0.3 is 0 Å². The molecule has 1 saturated heterocycles. The Bertz CT molecular complexity index is 370. The van der Waals surface area contributed by atoms with Gasteiger partial charge in [0.2, 0.25) is 0 Å². The van der Waals surface area contributed by atoms with Crippen LogP contribution in [-0.4, -0.2) is 26.0 Å². The monoisotopic (exact) mass is 219 g/mol. The van der Waals surface area contributed by atoms with E-state index >= 15 is 0 Å². The zero-order valence-corrected chi connectivity index (χ0v) is 9.61. The summed E-state index contributed by atoms with van der Waals surface area (Å²) in [6, 6.07) is 5.66. The SMILES string of the molecule is CCOc1cc(C=O)ccc1N1CCCC1. The summed E-state index contributed by atoms with van der Waals surface area (Å²) in [5.74, 6) is 0.828. The zero-order chi connectivity index (χ0) is 11.4. The lowest BCUT2D eigenvalue weighted by molar-refractivity contribution is 0.112. The molecule has 1 aromatic carbocycles. The summed E-state index contributed by atoms with van der Waals surface area (Å²) in [5.41, 5.74) is 1.79. The highest BCUT2D eigenvalue weighted by Crippen LogP contribution is 2.31. The highest BCUT2D eigenvalue weighted by atomic mass is 16.5. The summed E-state index contributed by atoms with van der Waals surface area (Å²) in [7, 11) is 0. The first kappa shape index (κ1) is 11.0. The molecule has 0 unspecified atom stereocenters. The molecule has 0 N–H and O–H groups in total. The second-order valence-electron chi connectivity index (χ2n) is 3.97. The van der Waals surface area contributed by atoms with Crippen molar-refractivity contribution in [2.75, 3.05) is 24.6 Å². The first-order chi connectivity index (χ1) is 7.85. The maximum atomic E-state index is 10.7. The van der Waals surface area contributed by atoms with Crippen molar-refractivity contribution < 1.29 is 9.53 Å². The minimum absolute atomic E-state index is 0.628. The summed E-state index contributed by atoms with van der Waals surface area (Å²) >= 11 is 0. The average Bonchev–Trinajstić information content (AvgIpc) is 2.83. The van der Waals surface area contributed by atoms with Crippen LogP contribution in [-0.2, 0) is 0 Å². The molecular weight excluding hydrogens is 202 g/mol. The first-order valence-corrected chi connectivity index (χ1v) is 5.82. The van der Waals surface area contributed by atoms with Gasteiger partial charge in [-0.25, -0.2) is 0 Å². The molecule has 0 spiro atoms. The molecule has 0 amide bonds. The second-order valence-corrected chi connectivity index (χ2v) is 3.97. The standard InChI is InChI=1S/C13H17NO2/c1-2-16-13-9-11(10-15)5-6-12(13)14-7-3-4-8-14/h5-6,9-10H,2-4,7-8H2,1H3. The van der Waals surface area contributed by atoms with Gasteiger partial charge in [-0.05, 0) is 38.0 Å². The number of anilines is 1. The number of aldehydes is 1. The third-order valence-electron chi connectivity index (χ3n) is 2.87. The van der Waals surface area contributed by atoms with Crippen molar-refractivity contribution >= 4 is 12.0 Å². The van der Waals surface area contributed by atoms with E-state index in [2.05, 4.69) is 4.90 Å². The number of nitrogens with zero attached hydrogens (tertiary/aromatic N) is 1. The molecule has 16 heavy (non-hydrogen) atoms. The van der Waals surface area contributed by atoms with Crippen molar-refractivity contribution in [1.82, 2.24) is 0 Å². The van der Waals surface area contributed by atoms with E-state index in [1.54, 1.807) is 0 Å². The topological polar surface area (TPSA) is 29.5 Å². The average molecular weight is 219 g/mol. The van der Waals surface area contributed by atoms with E-state index in [9.17, 15) is 4.79 Å². The molecule has 1 fully saturated rings. The molecule has 86 valence electrons. The highest BCUT2D eigenvalue weighted by Gasteiger charge is 2.16. The lowest BCUT2D eigenvalue weighted by Gasteiger charge is -2.21. The Kier molecular flexibility index (Phi) is 3.44. The van der Waals surface area contributed by atoms with Crippen LogP contribution in [0.5, 0.6) is 5.75 Å². The number of rotatable bonds is 4. The van der Waals surface area contributed by atoms with Crippen LogP contribution in [0, 0.1) is 0 Å². The molecule has 0 aromatic heterocycles. The zero-order valence-electron chi connectivity index (χ0n) is 9.61. The van der Waals surface area contributed by atoms with Gasteiger partial charge in [-0.2, -0.15) is 0 Å². The normalized spacial score (nSPS) is 15.2. The summed E-state index contributed by atoms with van der Waals surface area (Å²) in [5, 5.41) is 0. The maximum absolute atomic E-state index is 10.7. The van der Waals surface area contributed by atoms with Crippen molar-refractivity contribution in [3.63, 3.8) is 0 Å². The lowest BCUT2D eigenvalue weighted by Crippen LogP contribution is -2.18. The first-order valence-electron chi connectivity index (χ1n) is 5.82. The van der Waals surface area contributed by atoms with Crippen molar-refractivity contribution in [1.29, 1.82) is 0 Å². The Hall–Kier alpha value is -1.51. The van der Waals surface area contributed by atoms with Crippen molar-refractivity contribution in [3.8, 4) is 5.75 Å². The summed E-state index contributed by atoms with van der Waals surface area (Å²) in [6.45, 7) is 4.76. The van der Waals surface area contributed by atoms with E-state index in [-0.39, 0.29) is 0 Å². The quantitative estimate of drug-likeness (QED) is 0.729. The fourth-order valence-electron chi connectivity index (χ4n) is 2.09. The summed E-state index contributed by atoms with van der Waals surface area (Å²) in [6.07, 6.45) is 3.33. The van der Waals surface area contributed by atoms with Gasteiger partial charge in [0.15, 0.2) is 0 Å². The van der Waals surface area contributed by atoms with Gasteiger partial charge in [-0.3, -0.25) is 4.79 Å². The van der Waals surface area contributed by atoms with E-state index < -0.39 is 0 Å². The third-order valence-corrected chi connectivity index (χ3v) is 2.87. The Labute approximate surface area is 96.0 Å². The van der Waals surface area contributed by atoms with Crippen LogP contribution in [0.4, 0.5) is 5.69 Å². The van der Waals surface area contributed by atoms with Crippen LogP contribution < -0.4 is 9.64 Å². The Morgan fingerprint density at radius 2 is 2.12 bits per heavy atom. The summed E-state index contributed by atoms with van der Waals surface area (Å²) in [4.78, 5) is 13.0. The van der Waals surface area contributed by atoms with E-state index in [1.165, 1.54) is 12.8 Å². The molecule has 0 aliphatic carbocycles. The van der Waals surface area contributed by atoms with Crippen molar-refractivity contribution in [3.05, 3.63) is 23.8 Å². The Balaban J connectivity index is 2.30. The van der Waals surface area contributed by atoms with E-state index in [0.717, 1.165) is 30.8 Å². The minimum atomic E-state index is 0.628. The van der Waals surface area contributed by atoms with Crippen LogP contribution in [0.1, 0.15) is 30.1 Å². The molecule has 3 nitrogen and oxygen atoms in total. The molecule has 1 heterocycles. The predicted molar refractivity (Wildman–Crippen MR) is 64.4 cm³/mol. The molecular formula is C13H17NO2. The Morgan fingerprint density at radius 3 is 2.75 bits per heavy atom. The van der Waals surface area contributed by atoms with E-state index in [4.69, 9.17) is 4.74 Å². The van der Waals surface area contributed by atoms with Crippen molar-refractivity contribution in [2.24, 2.45) is 0 Å². The van der Waals surface area contributed by atoms with Gasteiger partial charge < -0.3 is 9.64 Å². The summed E-state index contributed by atoms with van der Waals surface area (Å²) < 4.78 is 5.59. The molecule has 0 saturated carbocycles. The predicted octanol–water partition coefficient (Wildman–Crippen LogP) is 2.50. The number of ether oxygens (including phenoxy) is 1. The van der Waals surface area contributed by atoms with Gasteiger partial charge in [-0.15, -0.1) is 0 Å². The van der Waals surface area contributed by atoms with Crippen LogP contribution in [0.25, 0.3) is 0 Å². The second kappa shape index (κ2) is 5.01. The number of hydrogen-bond donors (Lipinski definition) is 0. The number of benzene rings is 1. The number of carbonyl (C=O) groups excluding carboxylic acids is 1. The maximum Gasteiger partial charge on any atom is 0.150 e. The van der Waals surface area contributed by atoms with E-state index in [1.807, 2.05) is 25.1 Å². The Morgan fingerprint density at radius 1 is 1.38 bits per heavy atom. The smallest absolute Gasteiger partial charge is 0.150 e. The van der Waals surface area contributed by atoms with Crippen LogP contribution in [0.2, 0.25) is 0 Å². The minimum Gasteiger partial charge on any atom is -0.492 e. The molecule has 1 aliphatic heterocycles.